The van der Waals surface area contributed by atoms with E-state index < -0.39 is 0 Å². The van der Waals surface area contributed by atoms with Gasteiger partial charge in [-0.25, -0.2) is 0 Å². The van der Waals surface area contributed by atoms with Crippen LogP contribution in [0.25, 0.3) is 0 Å². The molecule has 4 heteroatoms. The molecule has 0 aliphatic carbocycles. The molecular weight excluding hydrogens is 206 g/mol. The van der Waals surface area contributed by atoms with Gasteiger partial charge in [0, 0.05) is 25.4 Å². The molecule has 1 rings (SSSR count). The molecule has 1 aromatic rings. The SMILES string of the molecule is C=CCNCC(C)Sc1cc(C)nn1C. The number of aryl methyl sites for hydroxylation is 2. The minimum absolute atomic E-state index is 0.541. The van der Waals surface area contributed by atoms with Crippen LogP contribution in [0.1, 0.15) is 12.6 Å². The topological polar surface area (TPSA) is 29.9 Å². The van der Waals surface area contributed by atoms with Crippen LogP contribution in [0.4, 0.5) is 0 Å². The van der Waals surface area contributed by atoms with Gasteiger partial charge < -0.3 is 5.32 Å². The van der Waals surface area contributed by atoms with Crippen LogP contribution >= 0.6 is 11.8 Å². The monoisotopic (exact) mass is 225 g/mol. The van der Waals surface area contributed by atoms with Crippen LogP contribution in [0.15, 0.2) is 23.7 Å². The second kappa shape index (κ2) is 5.98. The molecule has 1 unspecified atom stereocenters. The third kappa shape index (κ3) is 4.10. The first-order valence-electron chi connectivity index (χ1n) is 5.12. The Morgan fingerprint density at radius 2 is 2.47 bits per heavy atom. The maximum absolute atomic E-state index is 4.32. The van der Waals surface area contributed by atoms with Crippen LogP contribution in [0, 0.1) is 6.92 Å². The summed E-state index contributed by atoms with van der Waals surface area (Å²) < 4.78 is 1.93. The second-order valence-electron chi connectivity index (χ2n) is 3.62. The van der Waals surface area contributed by atoms with Gasteiger partial charge in [-0.1, -0.05) is 13.0 Å². The minimum atomic E-state index is 0.541. The number of hydrogen-bond donors (Lipinski definition) is 1. The molecule has 0 aromatic carbocycles. The Kier molecular flexibility index (Phi) is 4.91. The molecule has 1 N–H and O–H groups in total. The lowest BCUT2D eigenvalue weighted by molar-refractivity contribution is 0.686. The molecule has 0 spiro atoms. The summed E-state index contributed by atoms with van der Waals surface area (Å²) in [6.45, 7) is 9.76. The second-order valence-corrected chi connectivity index (χ2v) is 5.08. The van der Waals surface area contributed by atoms with E-state index >= 15 is 0 Å². The molecule has 0 amide bonds. The summed E-state index contributed by atoms with van der Waals surface area (Å²) >= 11 is 1.85. The Bertz CT molecular complexity index is 320. The normalized spacial score (nSPS) is 12.7. The lowest BCUT2D eigenvalue weighted by Gasteiger charge is -2.11. The summed E-state index contributed by atoms with van der Waals surface area (Å²) in [6, 6.07) is 2.12. The molecule has 1 heterocycles. The van der Waals surface area contributed by atoms with Crippen molar-refractivity contribution in [2.45, 2.75) is 24.1 Å². The zero-order valence-corrected chi connectivity index (χ0v) is 10.5. The number of aromatic nitrogens is 2. The van der Waals surface area contributed by atoms with Crippen LogP contribution in [-0.4, -0.2) is 28.1 Å². The molecule has 0 saturated heterocycles. The maximum Gasteiger partial charge on any atom is 0.0942 e. The van der Waals surface area contributed by atoms with Gasteiger partial charge in [-0.3, -0.25) is 4.68 Å². The highest BCUT2D eigenvalue weighted by molar-refractivity contribution is 7.99. The highest BCUT2D eigenvalue weighted by atomic mass is 32.2. The van der Waals surface area contributed by atoms with Crippen molar-refractivity contribution < 1.29 is 0 Å². The lowest BCUT2D eigenvalue weighted by Crippen LogP contribution is -2.22. The summed E-state index contributed by atoms with van der Waals surface area (Å²) in [4.78, 5) is 0. The van der Waals surface area contributed by atoms with Crippen molar-refractivity contribution in [2.24, 2.45) is 7.05 Å². The average Bonchev–Trinajstić information content (AvgIpc) is 2.45. The molecule has 1 aromatic heterocycles. The lowest BCUT2D eigenvalue weighted by atomic mass is 10.4. The van der Waals surface area contributed by atoms with E-state index in [0.717, 1.165) is 18.8 Å². The first kappa shape index (κ1) is 12.3. The third-order valence-corrected chi connectivity index (χ3v) is 3.19. The van der Waals surface area contributed by atoms with Gasteiger partial charge in [0.15, 0.2) is 0 Å². The van der Waals surface area contributed by atoms with Gasteiger partial charge in [-0.2, -0.15) is 5.10 Å². The van der Waals surface area contributed by atoms with E-state index in [1.165, 1.54) is 5.03 Å². The van der Waals surface area contributed by atoms with Gasteiger partial charge in [-0.15, -0.1) is 18.3 Å². The predicted molar refractivity (Wildman–Crippen MR) is 66.3 cm³/mol. The highest BCUT2D eigenvalue weighted by Gasteiger charge is 2.07. The molecule has 0 bridgehead atoms. The quantitative estimate of drug-likeness (QED) is 0.456. The fraction of sp³-hybridized carbons (Fsp3) is 0.545. The average molecular weight is 225 g/mol. The summed E-state index contributed by atoms with van der Waals surface area (Å²) in [5.41, 5.74) is 1.08. The summed E-state index contributed by atoms with van der Waals surface area (Å²) in [5, 5.41) is 9.40. The van der Waals surface area contributed by atoms with E-state index in [-0.39, 0.29) is 0 Å². The molecule has 15 heavy (non-hydrogen) atoms. The molecule has 0 aliphatic rings. The van der Waals surface area contributed by atoms with Gasteiger partial charge >= 0.3 is 0 Å². The van der Waals surface area contributed by atoms with Crippen molar-refractivity contribution in [2.75, 3.05) is 13.1 Å². The van der Waals surface area contributed by atoms with E-state index in [4.69, 9.17) is 0 Å². The first-order valence-corrected chi connectivity index (χ1v) is 6.00. The number of nitrogens with zero attached hydrogens (tertiary/aromatic N) is 2. The van der Waals surface area contributed by atoms with Gasteiger partial charge in [-0.05, 0) is 13.0 Å². The van der Waals surface area contributed by atoms with Crippen molar-refractivity contribution in [1.29, 1.82) is 0 Å². The first-order chi connectivity index (χ1) is 7.13. The van der Waals surface area contributed by atoms with E-state index in [2.05, 4.69) is 30.0 Å². The molecule has 0 aliphatic heterocycles. The van der Waals surface area contributed by atoms with E-state index in [9.17, 15) is 0 Å². The van der Waals surface area contributed by atoms with Crippen molar-refractivity contribution in [3.8, 4) is 0 Å². The van der Waals surface area contributed by atoms with Gasteiger partial charge in [0.2, 0.25) is 0 Å². The number of nitrogens with one attached hydrogen (secondary N) is 1. The molecule has 84 valence electrons. The summed E-state index contributed by atoms with van der Waals surface area (Å²) in [7, 11) is 1.99. The van der Waals surface area contributed by atoms with Gasteiger partial charge in [0.1, 0.15) is 0 Å². The van der Waals surface area contributed by atoms with Gasteiger partial charge in [0.25, 0.3) is 0 Å². The smallest absolute Gasteiger partial charge is 0.0942 e. The Morgan fingerprint density at radius 1 is 1.73 bits per heavy atom. The Morgan fingerprint density at radius 3 is 3.00 bits per heavy atom. The van der Waals surface area contributed by atoms with Gasteiger partial charge in [0.05, 0.1) is 10.7 Å². The van der Waals surface area contributed by atoms with Crippen molar-refractivity contribution in [3.63, 3.8) is 0 Å². The van der Waals surface area contributed by atoms with Crippen LogP contribution in [-0.2, 0) is 7.05 Å². The molecule has 0 saturated carbocycles. The fourth-order valence-electron chi connectivity index (χ4n) is 1.33. The summed E-state index contributed by atoms with van der Waals surface area (Å²) in [5.74, 6) is 0. The van der Waals surface area contributed by atoms with Crippen molar-refractivity contribution in [1.82, 2.24) is 15.1 Å². The van der Waals surface area contributed by atoms with E-state index in [0.29, 0.717) is 5.25 Å². The van der Waals surface area contributed by atoms with Crippen molar-refractivity contribution >= 4 is 11.8 Å². The number of rotatable bonds is 6. The Labute approximate surface area is 95.9 Å². The summed E-state index contributed by atoms with van der Waals surface area (Å²) in [6.07, 6.45) is 1.88. The Balaban J connectivity index is 2.40. The van der Waals surface area contributed by atoms with Crippen LogP contribution < -0.4 is 5.32 Å². The molecule has 1 atom stereocenters. The van der Waals surface area contributed by atoms with E-state index in [1.54, 1.807) is 0 Å². The van der Waals surface area contributed by atoms with Crippen LogP contribution in [0.5, 0.6) is 0 Å². The Hall–Kier alpha value is -0.740. The standard InChI is InChI=1S/C11H19N3S/c1-5-6-12-8-10(3)15-11-7-9(2)13-14(11)4/h5,7,10,12H,1,6,8H2,2-4H3. The molecule has 0 fully saturated rings. The molecule has 0 radical (unpaired) electrons. The highest BCUT2D eigenvalue weighted by Crippen LogP contribution is 2.22. The number of hydrogen-bond acceptors (Lipinski definition) is 3. The van der Waals surface area contributed by atoms with Crippen molar-refractivity contribution in [3.05, 3.63) is 24.4 Å². The fourth-order valence-corrected chi connectivity index (χ4v) is 2.38. The largest absolute Gasteiger partial charge is 0.312 e. The predicted octanol–water partition coefficient (Wildman–Crippen LogP) is 1.98. The molecule has 3 nitrogen and oxygen atoms in total. The van der Waals surface area contributed by atoms with Crippen LogP contribution in [0.2, 0.25) is 0 Å². The minimum Gasteiger partial charge on any atom is -0.312 e. The zero-order valence-electron chi connectivity index (χ0n) is 9.66. The van der Waals surface area contributed by atoms with Crippen LogP contribution in [0.3, 0.4) is 0 Å². The third-order valence-electron chi connectivity index (χ3n) is 2.00. The number of thioether (sulfide) groups is 1. The zero-order chi connectivity index (χ0) is 11.3. The van der Waals surface area contributed by atoms with E-state index in [1.807, 2.05) is 36.5 Å². The molecular formula is C11H19N3S. The maximum atomic E-state index is 4.32.